The van der Waals surface area contributed by atoms with Crippen LogP contribution in [0.2, 0.25) is 0 Å². The highest BCUT2D eigenvalue weighted by molar-refractivity contribution is 5.92. The number of carbonyl (C=O) groups is 4. The Kier molecular flexibility index (Phi) is 9.60. The summed E-state index contributed by atoms with van der Waals surface area (Å²) < 4.78 is 0. The van der Waals surface area contributed by atoms with Crippen LogP contribution in [0, 0.1) is 5.92 Å². The van der Waals surface area contributed by atoms with Crippen molar-refractivity contribution in [3.05, 3.63) is 29.8 Å². The van der Waals surface area contributed by atoms with E-state index in [1.54, 1.807) is 12.1 Å². The number of carboxylic acid groups (broad SMARTS) is 1. The third-order valence-corrected chi connectivity index (χ3v) is 3.93. The number of hydrogen-bond donors (Lipinski definition) is 6. The summed E-state index contributed by atoms with van der Waals surface area (Å²) >= 11 is 0. The molecule has 2 unspecified atom stereocenters. The molecule has 0 saturated carbocycles. The second-order valence-corrected chi connectivity index (χ2v) is 7.06. The van der Waals surface area contributed by atoms with E-state index in [0.29, 0.717) is 12.0 Å². The van der Waals surface area contributed by atoms with Crippen LogP contribution in [0.1, 0.15) is 25.8 Å². The van der Waals surface area contributed by atoms with Gasteiger partial charge in [-0.05, 0) is 30.0 Å². The van der Waals surface area contributed by atoms with E-state index in [-0.39, 0.29) is 18.1 Å². The van der Waals surface area contributed by atoms with Crippen LogP contribution in [0.3, 0.4) is 0 Å². The van der Waals surface area contributed by atoms with Crippen LogP contribution in [0.4, 0.5) is 0 Å². The van der Waals surface area contributed by atoms with Crippen molar-refractivity contribution in [2.24, 2.45) is 11.7 Å². The van der Waals surface area contributed by atoms with Gasteiger partial charge >= 0.3 is 5.97 Å². The van der Waals surface area contributed by atoms with Gasteiger partial charge in [-0.3, -0.25) is 19.2 Å². The molecule has 160 valence electrons. The van der Waals surface area contributed by atoms with Crippen LogP contribution in [0.25, 0.3) is 0 Å². The average Bonchev–Trinajstić information content (AvgIpc) is 2.64. The molecule has 10 nitrogen and oxygen atoms in total. The number of amides is 3. The van der Waals surface area contributed by atoms with Crippen molar-refractivity contribution in [2.45, 2.75) is 38.8 Å². The summed E-state index contributed by atoms with van der Waals surface area (Å²) in [6.45, 7) is 2.84. The summed E-state index contributed by atoms with van der Waals surface area (Å²) in [6.07, 6.45) is 0.556. The molecule has 1 rings (SSSR count). The first-order valence-corrected chi connectivity index (χ1v) is 9.18. The molecule has 10 heteroatoms. The molecule has 0 aliphatic rings. The van der Waals surface area contributed by atoms with Crippen molar-refractivity contribution < 1.29 is 29.4 Å². The van der Waals surface area contributed by atoms with E-state index in [9.17, 15) is 24.3 Å². The Morgan fingerprint density at radius 1 is 1.00 bits per heavy atom. The fourth-order valence-electron chi connectivity index (χ4n) is 2.50. The van der Waals surface area contributed by atoms with Crippen molar-refractivity contribution in [3.8, 4) is 5.75 Å². The van der Waals surface area contributed by atoms with Gasteiger partial charge in [-0.15, -0.1) is 0 Å². The topological polar surface area (TPSA) is 171 Å². The molecule has 0 saturated heterocycles. The number of phenols is 1. The Balaban J connectivity index is 2.78. The van der Waals surface area contributed by atoms with E-state index >= 15 is 0 Å². The second-order valence-electron chi connectivity index (χ2n) is 7.06. The second kappa shape index (κ2) is 11.6. The molecule has 0 bridgehead atoms. The summed E-state index contributed by atoms with van der Waals surface area (Å²) in [5, 5.41) is 25.0. The number of carbonyl (C=O) groups excluding carboxylic acids is 3. The lowest BCUT2D eigenvalue weighted by Gasteiger charge is -2.21. The molecule has 0 radical (unpaired) electrons. The summed E-state index contributed by atoms with van der Waals surface area (Å²) in [4.78, 5) is 46.9. The van der Waals surface area contributed by atoms with Crippen molar-refractivity contribution >= 4 is 23.7 Å². The number of rotatable bonds is 11. The third kappa shape index (κ3) is 9.56. The largest absolute Gasteiger partial charge is 0.508 e. The standard InChI is InChI=1S/C19H28N4O6/c1-11(2)7-14(20)18(28)23-15(8-12-3-5-13(24)6-4-12)19(29)22-9-16(25)21-10-17(26)27/h3-6,11,14-15,24H,7-10,20H2,1-2H3,(H,21,25)(H,22,29)(H,23,28)(H,26,27). The van der Waals surface area contributed by atoms with E-state index in [1.165, 1.54) is 12.1 Å². The maximum atomic E-state index is 12.5. The summed E-state index contributed by atoms with van der Waals surface area (Å²) in [5.74, 6) is -2.74. The van der Waals surface area contributed by atoms with E-state index in [4.69, 9.17) is 10.8 Å². The fraction of sp³-hybridized carbons (Fsp3) is 0.474. The lowest BCUT2D eigenvalue weighted by Crippen LogP contribution is -2.53. The first-order chi connectivity index (χ1) is 13.6. The molecule has 7 N–H and O–H groups in total. The van der Waals surface area contributed by atoms with Gasteiger partial charge in [-0.1, -0.05) is 26.0 Å². The summed E-state index contributed by atoms with van der Waals surface area (Å²) in [7, 11) is 0. The fourth-order valence-corrected chi connectivity index (χ4v) is 2.50. The number of nitrogens with one attached hydrogen (secondary N) is 3. The highest BCUT2D eigenvalue weighted by atomic mass is 16.4. The van der Waals surface area contributed by atoms with Gasteiger partial charge in [0.1, 0.15) is 18.3 Å². The molecule has 0 fully saturated rings. The first kappa shape index (κ1) is 23.9. The van der Waals surface area contributed by atoms with Crippen LogP contribution in [-0.2, 0) is 25.6 Å². The van der Waals surface area contributed by atoms with Gasteiger partial charge in [0.25, 0.3) is 0 Å². The number of phenolic OH excluding ortho intramolecular Hbond substituents is 1. The van der Waals surface area contributed by atoms with E-state index in [0.717, 1.165) is 0 Å². The third-order valence-electron chi connectivity index (χ3n) is 3.93. The summed E-state index contributed by atoms with van der Waals surface area (Å²) in [6, 6.07) is 4.33. The minimum Gasteiger partial charge on any atom is -0.508 e. The van der Waals surface area contributed by atoms with Crippen molar-refractivity contribution in [3.63, 3.8) is 0 Å². The molecule has 1 aromatic rings. The zero-order chi connectivity index (χ0) is 22.0. The predicted octanol–water partition coefficient (Wildman–Crippen LogP) is -0.890. The molecule has 0 heterocycles. The average molecular weight is 408 g/mol. The van der Waals surface area contributed by atoms with Crippen LogP contribution in [-0.4, -0.2) is 59.1 Å². The quantitative estimate of drug-likeness (QED) is 0.276. The van der Waals surface area contributed by atoms with Gasteiger partial charge in [-0.2, -0.15) is 0 Å². The smallest absolute Gasteiger partial charge is 0.322 e. The van der Waals surface area contributed by atoms with Crippen LogP contribution in [0.15, 0.2) is 24.3 Å². The maximum absolute atomic E-state index is 12.5. The van der Waals surface area contributed by atoms with Crippen molar-refractivity contribution in [1.82, 2.24) is 16.0 Å². The Hall–Kier alpha value is -3.14. The first-order valence-electron chi connectivity index (χ1n) is 9.18. The Morgan fingerprint density at radius 3 is 2.17 bits per heavy atom. The summed E-state index contributed by atoms with van der Waals surface area (Å²) in [5.41, 5.74) is 6.55. The van der Waals surface area contributed by atoms with Gasteiger partial charge in [0, 0.05) is 6.42 Å². The highest BCUT2D eigenvalue weighted by Gasteiger charge is 2.25. The Morgan fingerprint density at radius 2 is 1.62 bits per heavy atom. The highest BCUT2D eigenvalue weighted by Crippen LogP contribution is 2.12. The number of aliphatic carboxylic acids is 1. The molecular formula is C19H28N4O6. The Labute approximate surface area is 168 Å². The van der Waals surface area contributed by atoms with Gasteiger partial charge < -0.3 is 31.9 Å². The van der Waals surface area contributed by atoms with Crippen molar-refractivity contribution in [1.29, 1.82) is 0 Å². The van der Waals surface area contributed by atoms with Crippen molar-refractivity contribution in [2.75, 3.05) is 13.1 Å². The normalized spacial score (nSPS) is 12.7. The van der Waals surface area contributed by atoms with Gasteiger partial charge in [0.2, 0.25) is 17.7 Å². The van der Waals surface area contributed by atoms with Gasteiger partial charge in [0.15, 0.2) is 0 Å². The molecular weight excluding hydrogens is 380 g/mol. The minimum atomic E-state index is -1.21. The lowest BCUT2D eigenvalue weighted by molar-refractivity contribution is -0.138. The number of benzene rings is 1. The number of carboxylic acids is 1. The van der Waals surface area contributed by atoms with Gasteiger partial charge in [-0.25, -0.2) is 0 Å². The molecule has 0 aliphatic heterocycles. The zero-order valence-electron chi connectivity index (χ0n) is 16.5. The Bertz CT molecular complexity index is 720. The SMILES string of the molecule is CC(C)CC(N)C(=O)NC(Cc1ccc(O)cc1)C(=O)NCC(=O)NCC(=O)O. The molecule has 29 heavy (non-hydrogen) atoms. The van der Waals surface area contributed by atoms with Crippen LogP contribution < -0.4 is 21.7 Å². The predicted molar refractivity (Wildman–Crippen MR) is 105 cm³/mol. The number of nitrogens with two attached hydrogens (primary N) is 1. The number of aromatic hydroxyl groups is 1. The molecule has 1 aromatic carbocycles. The van der Waals surface area contributed by atoms with Gasteiger partial charge in [0.05, 0.1) is 12.6 Å². The number of hydrogen-bond acceptors (Lipinski definition) is 6. The molecule has 0 aliphatic carbocycles. The maximum Gasteiger partial charge on any atom is 0.322 e. The lowest BCUT2D eigenvalue weighted by atomic mass is 10.0. The molecule has 2 atom stereocenters. The minimum absolute atomic E-state index is 0.0628. The molecule has 3 amide bonds. The van der Waals surface area contributed by atoms with Crippen LogP contribution >= 0.6 is 0 Å². The van der Waals surface area contributed by atoms with Crippen LogP contribution in [0.5, 0.6) is 5.75 Å². The van der Waals surface area contributed by atoms with E-state index < -0.39 is 48.9 Å². The zero-order valence-corrected chi connectivity index (χ0v) is 16.5. The van der Waals surface area contributed by atoms with E-state index in [1.807, 2.05) is 13.8 Å². The monoisotopic (exact) mass is 408 g/mol. The molecule has 0 spiro atoms. The molecule has 0 aromatic heterocycles. The van der Waals surface area contributed by atoms with E-state index in [2.05, 4.69) is 16.0 Å².